The van der Waals surface area contributed by atoms with Crippen LogP contribution in [0, 0.1) is 5.92 Å². The van der Waals surface area contributed by atoms with Crippen LogP contribution in [0.15, 0.2) is 30.3 Å². The third-order valence-corrected chi connectivity index (χ3v) is 3.99. The molecule has 2 fully saturated rings. The second-order valence-electron chi connectivity index (χ2n) is 4.90. The molecule has 0 radical (unpaired) electrons. The van der Waals surface area contributed by atoms with Crippen molar-refractivity contribution in [2.75, 3.05) is 6.54 Å². The van der Waals surface area contributed by atoms with Crippen LogP contribution in [-0.4, -0.2) is 23.5 Å². The highest BCUT2D eigenvalue weighted by Crippen LogP contribution is 2.37. The van der Waals surface area contributed by atoms with Gasteiger partial charge in [0, 0.05) is 25.2 Å². The predicted molar refractivity (Wildman–Crippen MR) is 61.3 cm³/mol. The van der Waals surface area contributed by atoms with Crippen molar-refractivity contribution < 1.29 is 0 Å². The van der Waals surface area contributed by atoms with Gasteiger partial charge in [-0.3, -0.25) is 4.90 Å². The fourth-order valence-electron chi connectivity index (χ4n) is 3.16. The van der Waals surface area contributed by atoms with Gasteiger partial charge in [-0.05, 0) is 24.3 Å². The van der Waals surface area contributed by atoms with Crippen molar-refractivity contribution in [1.82, 2.24) is 4.90 Å². The van der Waals surface area contributed by atoms with Gasteiger partial charge in [0.2, 0.25) is 0 Å². The van der Waals surface area contributed by atoms with E-state index in [1.165, 1.54) is 24.9 Å². The first-order valence-corrected chi connectivity index (χ1v) is 5.88. The van der Waals surface area contributed by atoms with Crippen molar-refractivity contribution in [2.24, 2.45) is 11.7 Å². The summed E-state index contributed by atoms with van der Waals surface area (Å²) in [4.78, 5) is 2.56. The number of fused-ring (bicyclic) bond motifs is 2. The highest BCUT2D eigenvalue weighted by Gasteiger charge is 2.44. The molecule has 1 saturated heterocycles. The second-order valence-corrected chi connectivity index (χ2v) is 4.90. The van der Waals surface area contributed by atoms with Gasteiger partial charge in [-0.2, -0.15) is 0 Å². The first kappa shape index (κ1) is 9.37. The van der Waals surface area contributed by atoms with Crippen molar-refractivity contribution in [3.05, 3.63) is 35.9 Å². The van der Waals surface area contributed by atoms with Crippen LogP contribution in [-0.2, 0) is 6.54 Å². The minimum atomic E-state index is 0.439. The van der Waals surface area contributed by atoms with Gasteiger partial charge in [-0.15, -0.1) is 0 Å². The number of rotatable bonds is 2. The lowest BCUT2D eigenvalue weighted by molar-refractivity contribution is 0.203. The Balaban J connectivity index is 1.71. The molecule has 80 valence electrons. The Morgan fingerprint density at radius 3 is 2.60 bits per heavy atom. The van der Waals surface area contributed by atoms with E-state index in [2.05, 4.69) is 35.2 Å². The van der Waals surface area contributed by atoms with Gasteiger partial charge >= 0.3 is 0 Å². The number of nitrogens with zero attached hydrogens (tertiary/aromatic N) is 1. The molecule has 2 aliphatic rings. The fourth-order valence-corrected chi connectivity index (χ4v) is 3.16. The van der Waals surface area contributed by atoms with E-state index < -0.39 is 0 Å². The molecule has 3 atom stereocenters. The van der Waals surface area contributed by atoms with Crippen molar-refractivity contribution in [3.8, 4) is 0 Å². The summed E-state index contributed by atoms with van der Waals surface area (Å²) in [6, 6.07) is 11.8. The molecule has 0 spiro atoms. The number of likely N-dealkylation sites (tertiary alicyclic amines) is 1. The number of piperidine rings is 1. The molecule has 0 unspecified atom stereocenters. The Labute approximate surface area is 91.1 Å². The maximum atomic E-state index is 6.19. The maximum Gasteiger partial charge on any atom is 0.0254 e. The molecule has 15 heavy (non-hydrogen) atoms. The molecule has 1 heterocycles. The van der Waals surface area contributed by atoms with Gasteiger partial charge < -0.3 is 5.73 Å². The third-order valence-electron chi connectivity index (χ3n) is 3.99. The van der Waals surface area contributed by atoms with Gasteiger partial charge in [0.1, 0.15) is 0 Å². The van der Waals surface area contributed by atoms with Crippen LogP contribution in [0.25, 0.3) is 0 Å². The molecule has 2 N–H and O–H groups in total. The van der Waals surface area contributed by atoms with Gasteiger partial charge in [0.15, 0.2) is 0 Å². The van der Waals surface area contributed by atoms with Crippen molar-refractivity contribution >= 4 is 0 Å². The molecule has 1 aliphatic heterocycles. The summed E-state index contributed by atoms with van der Waals surface area (Å²) in [5.41, 5.74) is 7.60. The van der Waals surface area contributed by atoms with Gasteiger partial charge in [0.25, 0.3) is 0 Å². The van der Waals surface area contributed by atoms with Crippen LogP contribution in [0.4, 0.5) is 0 Å². The van der Waals surface area contributed by atoms with E-state index in [0.29, 0.717) is 12.1 Å². The SMILES string of the molecule is N[C@H]1[C@H]2CC[C@@H]1N(Cc1ccccc1)C2. The van der Waals surface area contributed by atoms with E-state index in [4.69, 9.17) is 5.73 Å². The minimum Gasteiger partial charge on any atom is -0.326 e. The molecule has 1 saturated carbocycles. The lowest BCUT2D eigenvalue weighted by atomic mass is 10.1. The highest BCUT2D eigenvalue weighted by atomic mass is 15.2. The van der Waals surface area contributed by atoms with E-state index >= 15 is 0 Å². The number of hydrogen-bond acceptors (Lipinski definition) is 2. The Hall–Kier alpha value is -0.860. The van der Waals surface area contributed by atoms with Crippen LogP contribution in [0.1, 0.15) is 18.4 Å². The van der Waals surface area contributed by atoms with Crippen LogP contribution in [0.2, 0.25) is 0 Å². The Morgan fingerprint density at radius 1 is 1.20 bits per heavy atom. The maximum absolute atomic E-state index is 6.19. The van der Waals surface area contributed by atoms with Crippen LogP contribution in [0.5, 0.6) is 0 Å². The zero-order chi connectivity index (χ0) is 10.3. The van der Waals surface area contributed by atoms with Gasteiger partial charge in [-0.25, -0.2) is 0 Å². The molecule has 2 nitrogen and oxygen atoms in total. The summed E-state index contributed by atoms with van der Waals surface area (Å²) in [6.45, 7) is 2.29. The molecular formula is C13H18N2. The zero-order valence-corrected chi connectivity index (χ0v) is 8.97. The topological polar surface area (TPSA) is 29.3 Å². The lowest BCUT2D eigenvalue weighted by Crippen LogP contribution is -2.37. The monoisotopic (exact) mass is 202 g/mol. The van der Waals surface area contributed by atoms with E-state index in [1.54, 1.807) is 0 Å². The van der Waals surface area contributed by atoms with E-state index in [9.17, 15) is 0 Å². The predicted octanol–water partition coefficient (Wildman–Crippen LogP) is 1.61. The first-order valence-electron chi connectivity index (χ1n) is 5.88. The fraction of sp³-hybridized carbons (Fsp3) is 0.538. The molecule has 0 aromatic heterocycles. The average molecular weight is 202 g/mol. The summed E-state index contributed by atoms with van der Waals surface area (Å²) < 4.78 is 0. The van der Waals surface area contributed by atoms with Crippen LogP contribution < -0.4 is 5.73 Å². The Bertz CT molecular complexity index is 336. The Kier molecular flexibility index (Phi) is 2.26. The second kappa shape index (κ2) is 3.62. The number of nitrogens with two attached hydrogens (primary N) is 1. The largest absolute Gasteiger partial charge is 0.326 e. The van der Waals surface area contributed by atoms with Crippen molar-refractivity contribution in [3.63, 3.8) is 0 Å². The molecule has 1 aromatic rings. The van der Waals surface area contributed by atoms with Gasteiger partial charge in [-0.1, -0.05) is 30.3 Å². The van der Waals surface area contributed by atoms with E-state index in [1.807, 2.05) is 0 Å². The quantitative estimate of drug-likeness (QED) is 0.789. The molecule has 1 aromatic carbocycles. The highest BCUT2D eigenvalue weighted by molar-refractivity contribution is 5.16. The van der Waals surface area contributed by atoms with E-state index in [0.717, 1.165) is 12.5 Å². The zero-order valence-electron chi connectivity index (χ0n) is 8.97. The summed E-state index contributed by atoms with van der Waals surface area (Å²) in [6.07, 6.45) is 2.65. The van der Waals surface area contributed by atoms with E-state index in [-0.39, 0.29) is 0 Å². The molecule has 0 amide bonds. The summed E-state index contributed by atoms with van der Waals surface area (Å²) >= 11 is 0. The summed E-state index contributed by atoms with van der Waals surface area (Å²) in [5, 5.41) is 0. The number of benzene rings is 1. The van der Waals surface area contributed by atoms with Gasteiger partial charge in [0.05, 0.1) is 0 Å². The summed E-state index contributed by atoms with van der Waals surface area (Å²) in [7, 11) is 0. The standard InChI is InChI=1S/C13H18N2/c14-13-11-6-7-12(13)15(9-11)8-10-4-2-1-3-5-10/h1-5,11-13H,6-9,14H2/t11-,12-,13-/m0/s1. The molecular weight excluding hydrogens is 184 g/mol. The Morgan fingerprint density at radius 2 is 2.00 bits per heavy atom. The van der Waals surface area contributed by atoms with Crippen molar-refractivity contribution in [1.29, 1.82) is 0 Å². The summed E-state index contributed by atoms with van der Waals surface area (Å²) in [5.74, 6) is 0.763. The molecule has 3 rings (SSSR count). The van der Waals surface area contributed by atoms with Crippen LogP contribution >= 0.6 is 0 Å². The average Bonchev–Trinajstić information content (AvgIpc) is 2.75. The van der Waals surface area contributed by atoms with Crippen LogP contribution in [0.3, 0.4) is 0 Å². The molecule has 2 bridgehead atoms. The smallest absolute Gasteiger partial charge is 0.0254 e. The molecule has 2 heteroatoms. The van der Waals surface area contributed by atoms with Crippen molar-refractivity contribution in [2.45, 2.75) is 31.5 Å². The minimum absolute atomic E-state index is 0.439. The number of hydrogen-bond donors (Lipinski definition) is 1. The molecule has 1 aliphatic carbocycles. The lowest BCUT2D eigenvalue weighted by Gasteiger charge is -2.26. The first-order chi connectivity index (χ1) is 7.34. The third kappa shape index (κ3) is 1.58. The normalized spacial score (nSPS) is 34.9.